The summed E-state index contributed by atoms with van der Waals surface area (Å²) in [5.41, 5.74) is 0.904. The molecule has 52 valence electrons. The molecule has 0 aliphatic rings. The van der Waals surface area contributed by atoms with Crippen molar-refractivity contribution in [1.29, 1.82) is 0 Å². The van der Waals surface area contributed by atoms with Gasteiger partial charge < -0.3 is 5.32 Å². The Bertz CT molecular complexity index is 118. The Morgan fingerprint density at radius 3 is 2.56 bits per heavy atom. The molecular formula is C7H13NO. The summed E-state index contributed by atoms with van der Waals surface area (Å²) < 4.78 is 0. The van der Waals surface area contributed by atoms with E-state index in [4.69, 9.17) is 0 Å². The predicted molar refractivity (Wildman–Crippen MR) is 38.1 cm³/mol. The van der Waals surface area contributed by atoms with E-state index in [-0.39, 0.29) is 5.91 Å². The Morgan fingerprint density at radius 1 is 1.67 bits per heavy atom. The van der Waals surface area contributed by atoms with Crippen LogP contribution in [0.2, 0.25) is 0 Å². The van der Waals surface area contributed by atoms with Crippen molar-refractivity contribution < 1.29 is 4.79 Å². The minimum Gasteiger partial charge on any atom is -0.356 e. The molecule has 0 aliphatic heterocycles. The maximum Gasteiger partial charge on any atom is 0.224 e. The fraction of sp³-hybridized carbons (Fsp3) is 0.571. The van der Waals surface area contributed by atoms with Gasteiger partial charge in [0.2, 0.25) is 5.91 Å². The Morgan fingerprint density at radius 2 is 2.22 bits per heavy atom. The average Bonchev–Trinajstić information content (AvgIpc) is 1.63. The predicted octanol–water partition coefficient (Wildman–Crippen LogP) is 1.09. The lowest BCUT2D eigenvalue weighted by Crippen LogP contribution is -2.22. The number of hydrogen-bond donors (Lipinski definition) is 1. The van der Waals surface area contributed by atoms with E-state index in [1.165, 1.54) is 0 Å². The summed E-state index contributed by atoms with van der Waals surface area (Å²) >= 11 is 0. The highest BCUT2D eigenvalue weighted by molar-refractivity contribution is 5.78. The molecule has 0 saturated heterocycles. The SMILES string of the molecule is C=C(C)CC(=O)NCC. The van der Waals surface area contributed by atoms with E-state index < -0.39 is 0 Å². The third-order valence-electron chi connectivity index (χ3n) is 0.836. The molecular weight excluding hydrogens is 114 g/mol. The summed E-state index contributed by atoms with van der Waals surface area (Å²) in [7, 11) is 0. The molecule has 0 aromatic heterocycles. The molecule has 0 saturated carbocycles. The molecule has 2 heteroatoms. The number of nitrogens with one attached hydrogen (secondary N) is 1. The Balaban J connectivity index is 3.39. The van der Waals surface area contributed by atoms with Crippen LogP contribution in [0, 0.1) is 0 Å². The zero-order valence-electron chi connectivity index (χ0n) is 6.03. The largest absolute Gasteiger partial charge is 0.356 e. The molecule has 0 spiro atoms. The number of amides is 1. The summed E-state index contributed by atoms with van der Waals surface area (Å²) in [5, 5.41) is 2.68. The summed E-state index contributed by atoms with van der Waals surface area (Å²) in [6.07, 6.45) is 0.452. The highest BCUT2D eigenvalue weighted by Crippen LogP contribution is 1.92. The first-order valence-electron chi connectivity index (χ1n) is 3.08. The van der Waals surface area contributed by atoms with Crippen LogP contribution >= 0.6 is 0 Å². The number of carbonyl (C=O) groups is 1. The zero-order valence-corrected chi connectivity index (χ0v) is 6.03. The minimum atomic E-state index is 0.0602. The number of hydrogen-bond acceptors (Lipinski definition) is 1. The van der Waals surface area contributed by atoms with Crippen molar-refractivity contribution in [1.82, 2.24) is 5.32 Å². The molecule has 0 aromatic rings. The quantitative estimate of drug-likeness (QED) is 0.565. The van der Waals surface area contributed by atoms with Crippen LogP contribution in [0.5, 0.6) is 0 Å². The molecule has 1 amide bonds. The molecule has 0 rings (SSSR count). The van der Waals surface area contributed by atoms with Crippen molar-refractivity contribution in [3.63, 3.8) is 0 Å². The first-order chi connectivity index (χ1) is 4.16. The highest BCUT2D eigenvalue weighted by atomic mass is 16.1. The van der Waals surface area contributed by atoms with E-state index in [2.05, 4.69) is 11.9 Å². The lowest BCUT2D eigenvalue weighted by atomic mass is 10.2. The third-order valence-corrected chi connectivity index (χ3v) is 0.836. The summed E-state index contributed by atoms with van der Waals surface area (Å²) in [6, 6.07) is 0. The number of rotatable bonds is 3. The van der Waals surface area contributed by atoms with Crippen LogP contribution in [0.1, 0.15) is 20.3 Å². The van der Waals surface area contributed by atoms with Crippen LogP contribution in [0.25, 0.3) is 0 Å². The summed E-state index contributed by atoms with van der Waals surface area (Å²) in [5.74, 6) is 0.0602. The first kappa shape index (κ1) is 8.21. The topological polar surface area (TPSA) is 29.1 Å². The van der Waals surface area contributed by atoms with Gasteiger partial charge in [0, 0.05) is 13.0 Å². The second kappa shape index (κ2) is 4.13. The van der Waals surface area contributed by atoms with E-state index in [0.717, 1.165) is 5.57 Å². The van der Waals surface area contributed by atoms with Gasteiger partial charge in [-0.15, -0.1) is 0 Å². The van der Waals surface area contributed by atoms with Crippen LogP contribution in [0.3, 0.4) is 0 Å². The normalized spacial score (nSPS) is 8.67. The van der Waals surface area contributed by atoms with E-state index in [1.54, 1.807) is 0 Å². The molecule has 0 heterocycles. The molecule has 0 aromatic carbocycles. The van der Waals surface area contributed by atoms with Crippen molar-refractivity contribution in [3.8, 4) is 0 Å². The van der Waals surface area contributed by atoms with Crippen molar-refractivity contribution in [2.45, 2.75) is 20.3 Å². The van der Waals surface area contributed by atoms with Gasteiger partial charge in [0.1, 0.15) is 0 Å². The maximum atomic E-state index is 10.7. The smallest absolute Gasteiger partial charge is 0.224 e. The van der Waals surface area contributed by atoms with Gasteiger partial charge in [-0.05, 0) is 13.8 Å². The van der Waals surface area contributed by atoms with Crippen molar-refractivity contribution in [2.75, 3.05) is 6.54 Å². The molecule has 0 fully saturated rings. The fourth-order valence-corrected chi connectivity index (χ4v) is 0.534. The molecule has 0 radical (unpaired) electrons. The van der Waals surface area contributed by atoms with E-state index in [9.17, 15) is 4.79 Å². The molecule has 0 atom stereocenters. The molecule has 0 aliphatic carbocycles. The lowest BCUT2D eigenvalue weighted by Gasteiger charge is -1.98. The van der Waals surface area contributed by atoms with Gasteiger partial charge in [-0.3, -0.25) is 4.79 Å². The highest BCUT2D eigenvalue weighted by Gasteiger charge is 1.96. The van der Waals surface area contributed by atoms with Crippen LogP contribution in [-0.4, -0.2) is 12.5 Å². The molecule has 2 nitrogen and oxygen atoms in total. The minimum absolute atomic E-state index is 0.0602. The number of carbonyl (C=O) groups excluding carboxylic acids is 1. The monoisotopic (exact) mass is 127 g/mol. The first-order valence-corrected chi connectivity index (χ1v) is 3.08. The molecule has 1 N–H and O–H groups in total. The maximum absolute atomic E-state index is 10.7. The second-order valence-electron chi connectivity index (χ2n) is 2.09. The van der Waals surface area contributed by atoms with Gasteiger partial charge in [0.15, 0.2) is 0 Å². The standard InChI is InChI=1S/C7H13NO/c1-4-8-7(9)5-6(2)3/h2,4-5H2,1,3H3,(H,8,9). The zero-order chi connectivity index (χ0) is 7.28. The molecule has 0 bridgehead atoms. The van der Waals surface area contributed by atoms with E-state index in [0.29, 0.717) is 13.0 Å². The second-order valence-corrected chi connectivity index (χ2v) is 2.09. The average molecular weight is 127 g/mol. The van der Waals surface area contributed by atoms with Crippen LogP contribution in [0.4, 0.5) is 0 Å². The Kier molecular flexibility index (Phi) is 3.76. The summed E-state index contributed by atoms with van der Waals surface area (Å²) in [4.78, 5) is 10.7. The van der Waals surface area contributed by atoms with Crippen LogP contribution in [-0.2, 0) is 4.79 Å². The molecule has 0 unspecified atom stereocenters. The van der Waals surface area contributed by atoms with Gasteiger partial charge in [-0.2, -0.15) is 0 Å². The van der Waals surface area contributed by atoms with Crippen LogP contribution in [0.15, 0.2) is 12.2 Å². The van der Waals surface area contributed by atoms with E-state index >= 15 is 0 Å². The van der Waals surface area contributed by atoms with Gasteiger partial charge in [-0.25, -0.2) is 0 Å². The van der Waals surface area contributed by atoms with Crippen molar-refractivity contribution in [2.24, 2.45) is 0 Å². The van der Waals surface area contributed by atoms with Crippen LogP contribution < -0.4 is 5.32 Å². The van der Waals surface area contributed by atoms with Gasteiger partial charge in [0.05, 0.1) is 0 Å². The van der Waals surface area contributed by atoms with Crippen molar-refractivity contribution >= 4 is 5.91 Å². The van der Waals surface area contributed by atoms with Gasteiger partial charge in [0.25, 0.3) is 0 Å². The van der Waals surface area contributed by atoms with Gasteiger partial charge in [-0.1, -0.05) is 12.2 Å². The van der Waals surface area contributed by atoms with E-state index in [1.807, 2.05) is 13.8 Å². The Labute approximate surface area is 56.0 Å². The third kappa shape index (κ3) is 5.07. The Hall–Kier alpha value is -0.790. The van der Waals surface area contributed by atoms with Gasteiger partial charge >= 0.3 is 0 Å². The lowest BCUT2D eigenvalue weighted by molar-refractivity contribution is -0.120. The summed E-state index contributed by atoms with van der Waals surface area (Å²) in [6.45, 7) is 8.06. The van der Waals surface area contributed by atoms with Crippen molar-refractivity contribution in [3.05, 3.63) is 12.2 Å². The fourth-order valence-electron chi connectivity index (χ4n) is 0.534. The molecule has 9 heavy (non-hydrogen) atoms.